The zero-order valence-corrected chi connectivity index (χ0v) is 8.72. The Morgan fingerprint density at radius 2 is 2.18 bits per heavy atom. The smallest absolute Gasteiger partial charge is 0.104 e. The summed E-state index contributed by atoms with van der Waals surface area (Å²) in [6.45, 7) is 7.62. The SMILES string of the molecule is CC(C)(C)Cn1cncc1Br. The second-order valence-corrected chi connectivity index (χ2v) is 4.72. The minimum absolute atomic E-state index is 0.309. The number of aromatic nitrogens is 2. The maximum atomic E-state index is 4.02. The van der Waals surface area contributed by atoms with Crippen molar-refractivity contribution < 1.29 is 0 Å². The van der Waals surface area contributed by atoms with E-state index in [1.165, 1.54) is 0 Å². The lowest BCUT2D eigenvalue weighted by Gasteiger charge is -2.18. The number of rotatable bonds is 1. The van der Waals surface area contributed by atoms with Gasteiger partial charge in [-0.2, -0.15) is 0 Å². The van der Waals surface area contributed by atoms with Crippen molar-refractivity contribution in [2.75, 3.05) is 0 Å². The van der Waals surface area contributed by atoms with Crippen LogP contribution in [0, 0.1) is 5.41 Å². The van der Waals surface area contributed by atoms with Crippen molar-refractivity contribution in [1.29, 1.82) is 0 Å². The molecule has 0 aliphatic rings. The van der Waals surface area contributed by atoms with E-state index < -0.39 is 0 Å². The third-order valence-electron chi connectivity index (χ3n) is 1.31. The molecular formula is C8H13BrN2. The molecule has 0 amide bonds. The lowest BCUT2D eigenvalue weighted by molar-refractivity contribution is 0.340. The van der Waals surface area contributed by atoms with E-state index in [9.17, 15) is 0 Å². The van der Waals surface area contributed by atoms with E-state index in [1.54, 1.807) is 0 Å². The van der Waals surface area contributed by atoms with Crippen LogP contribution in [0.2, 0.25) is 0 Å². The second-order valence-electron chi connectivity index (χ2n) is 3.90. The second kappa shape index (κ2) is 2.97. The molecule has 0 fully saturated rings. The standard InChI is InChI=1S/C8H13BrN2/c1-8(2,3)5-11-6-10-4-7(11)9/h4,6H,5H2,1-3H3. The molecule has 1 heterocycles. The predicted molar refractivity (Wildman–Crippen MR) is 49.4 cm³/mol. The van der Waals surface area contributed by atoms with Crippen LogP contribution in [0.5, 0.6) is 0 Å². The van der Waals surface area contributed by atoms with Gasteiger partial charge in [0.25, 0.3) is 0 Å². The van der Waals surface area contributed by atoms with Gasteiger partial charge in [-0.05, 0) is 21.3 Å². The molecule has 0 unspecified atom stereocenters. The van der Waals surface area contributed by atoms with Crippen molar-refractivity contribution >= 4 is 15.9 Å². The molecule has 0 atom stereocenters. The highest BCUT2D eigenvalue weighted by Crippen LogP contribution is 2.19. The molecule has 0 aromatic carbocycles. The highest BCUT2D eigenvalue weighted by Gasteiger charge is 2.11. The first-order valence-corrected chi connectivity index (χ1v) is 4.44. The lowest BCUT2D eigenvalue weighted by atomic mass is 9.97. The Morgan fingerprint density at radius 1 is 1.55 bits per heavy atom. The quantitative estimate of drug-likeness (QED) is 0.707. The fourth-order valence-corrected chi connectivity index (χ4v) is 1.27. The normalized spacial score (nSPS) is 12.0. The summed E-state index contributed by atoms with van der Waals surface area (Å²) in [6, 6.07) is 0. The van der Waals surface area contributed by atoms with Crippen molar-refractivity contribution in [2.24, 2.45) is 5.41 Å². The van der Waals surface area contributed by atoms with Crippen molar-refractivity contribution in [3.63, 3.8) is 0 Å². The van der Waals surface area contributed by atoms with Gasteiger partial charge < -0.3 is 4.57 Å². The van der Waals surface area contributed by atoms with Crippen molar-refractivity contribution in [2.45, 2.75) is 27.3 Å². The summed E-state index contributed by atoms with van der Waals surface area (Å²) in [4.78, 5) is 4.02. The highest BCUT2D eigenvalue weighted by molar-refractivity contribution is 9.10. The van der Waals surface area contributed by atoms with Crippen LogP contribution in [0.15, 0.2) is 17.1 Å². The van der Waals surface area contributed by atoms with Gasteiger partial charge in [-0.1, -0.05) is 20.8 Å². The fourth-order valence-electron chi connectivity index (χ4n) is 0.932. The summed E-state index contributed by atoms with van der Waals surface area (Å²) in [5.41, 5.74) is 0.309. The third kappa shape index (κ3) is 2.66. The highest BCUT2D eigenvalue weighted by atomic mass is 79.9. The van der Waals surface area contributed by atoms with Crippen LogP contribution in [0.1, 0.15) is 20.8 Å². The van der Waals surface area contributed by atoms with Crippen LogP contribution in [-0.2, 0) is 6.54 Å². The van der Waals surface area contributed by atoms with E-state index in [-0.39, 0.29) is 0 Å². The average molecular weight is 217 g/mol. The molecule has 1 aromatic heterocycles. The van der Waals surface area contributed by atoms with Gasteiger partial charge in [0.05, 0.1) is 12.5 Å². The van der Waals surface area contributed by atoms with Gasteiger partial charge in [-0.25, -0.2) is 4.98 Å². The summed E-state index contributed by atoms with van der Waals surface area (Å²) >= 11 is 3.42. The molecule has 0 bridgehead atoms. The summed E-state index contributed by atoms with van der Waals surface area (Å²) < 4.78 is 3.15. The van der Waals surface area contributed by atoms with Crippen LogP contribution < -0.4 is 0 Å². The van der Waals surface area contributed by atoms with Crippen molar-refractivity contribution in [3.8, 4) is 0 Å². The van der Waals surface area contributed by atoms with Gasteiger partial charge in [0.15, 0.2) is 0 Å². The van der Waals surface area contributed by atoms with E-state index in [2.05, 4.69) is 46.3 Å². The molecule has 62 valence electrons. The molecule has 0 N–H and O–H groups in total. The molecule has 11 heavy (non-hydrogen) atoms. The van der Waals surface area contributed by atoms with Gasteiger partial charge >= 0.3 is 0 Å². The molecule has 0 radical (unpaired) electrons. The molecule has 0 spiro atoms. The van der Waals surface area contributed by atoms with Crippen molar-refractivity contribution in [3.05, 3.63) is 17.1 Å². The Balaban J connectivity index is 2.72. The summed E-state index contributed by atoms with van der Waals surface area (Å²) in [5.74, 6) is 0. The molecule has 0 aliphatic carbocycles. The molecule has 0 aliphatic heterocycles. The van der Waals surface area contributed by atoms with Crippen LogP contribution in [0.4, 0.5) is 0 Å². The number of halogens is 1. The molecule has 1 rings (SSSR count). The average Bonchev–Trinajstić information content (AvgIpc) is 2.12. The number of imidazole rings is 1. The van der Waals surface area contributed by atoms with Gasteiger partial charge in [-0.15, -0.1) is 0 Å². The van der Waals surface area contributed by atoms with Crippen LogP contribution in [0.25, 0.3) is 0 Å². The molecule has 1 aromatic rings. The van der Waals surface area contributed by atoms with E-state index in [1.807, 2.05) is 12.5 Å². The number of hydrogen-bond acceptors (Lipinski definition) is 1. The Morgan fingerprint density at radius 3 is 2.55 bits per heavy atom. The number of hydrogen-bond donors (Lipinski definition) is 0. The maximum absolute atomic E-state index is 4.02. The van der Waals surface area contributed by atoms with Crippen molar-refractivity contribution in [1.82, 2.24) is 9.55 Å². The minimum Gasteiger partial charge on any atom is -0.325 e. The first kappa shape index (κ1) is 8.78. The van der Waals surface area contributed by atoms with Gasteiger partial charge in [0.2, 0.25) is 0 Å². The third-order valence-corrected chi connectivity index (χ3v) is 1.97. The van der Waals surface area contributed by atoms with Gasteiger partial charge in [0.1, 0.15) is 4.60 Å². The molecule has 0 saturated heterocycles. The maximum Gasteiger partial charge on any atom is 0.104 e. The Kier molecular flexibility index (Phi) is 2.37. The summed E-state index contributed by atoms with van der Waals surface area (Å²) in [5, 5.41) is 0. The van der Waals surface area contributed by atoms with Gasteiger partial charge in [-0.3, -0.25) is 0 Å². The van der Waals surface area contributed by atoms with Gasteiger partial charge in [0, 0.05) is 6.54 Å². The van der Waals surface area contributed by atoms with Crippen LogP contribution in [-0.4, -0.2) is 9.55 Å². The molecule has 3 heteroatoms. The van der Waals surface area contributed by atoms with Crippen LogP contribution in [0.3, 0.4) is 0 Å². The Bertz CT molecular complexity index is 234. The van der Waals surface area contributed by atoms with Crippen LogP contribution >= 0.6 is 15.9 Å². The molecule has 2 nitrogen and oxygen atoms in total. The topological polar surface area (TPSA) is 17.8 Å². The largest absolute Gasteiger partial charge is 0.325 e. The first-order chi connectivity index (χ1) is 4.99. The zero-order chi connectivity index (χ0) is 8.48. The fraction of sp³-hybridized carbons (Fsp3) is 0.625. The molecular weight excluding hydrogens is 204 g/mol. The monoisotopic (exact) mass is 216 g/mol. The lowest BCUT2D eigenvalue weighted by Crippen LogP contribution is -2.14. The van der Waals surface area contributed by atoms with E-state index in [4.69, 9.17) is 0 Å². The summed E-state index contributed by atoms with van der Waals surface area (Å²) in [7, 11) is 0. The Labute approximate surface area is 75.8 Å². The zero-order valence-electron chi connectivity index (χ0n) is 7.13. The Hall–Kier alpha value is -0.310. The van der Waals surface area contributed by atoms with E-state index in [0.29, 0.717) is 5.41 Å². The van der Waals surface area contributed by atoms with E-state index in [0.717, 1.165) is 11.1 Å². The van der Waals surface area contributed by atoms with E-state index >= 15 is 0 Å². The number of nitrogens with zero attached hydrogens (tertiary/aromatic N) is 2. The molecule has 0 saturated carbocycles. The predicted octanol–water partition coefficient (Wildman–Crippen LogP) is 2.69. The summed E-state index contributed by atoms with van der Waals surface area (Å²) in [6.07, 6.45) is 3.65. The first-order valence-electron chi connectivity index (χ1n) is 3.65. The minimum atomic E-state index is 0.309.